The van der Waals surface area contributed by atoms with Gasteiger partial charge in [0.1, 0.15) is 5.75 Å². The molecule has 0 aliphatic heterocycles. The number of hydrogen-bond acceptors (Lipinski definition) is 4. The summed E-state index contributed by atoms with van der Waals surface area (Å²) in [4.78, 5) is 8.92. The lowest BCUT2D eigenvalue weighted by Gasteiger charge is -1.98. The minimum Gasteiger partial charge on any atom is -0.497 e. The van der Waals surface area contributed by atoms with Gasteiger partial charge in [-0.05, 0) is 42.0 Å². The predicted octanol–water partition coefficient (Wildman–Crippen LogP) is 5.22. The van der Waals surface area contributed by atoms with E-state index in [4.69, 9.17) is 16.3 Å². The first-order chi connectivity index (χ1) is 10.7. The van der Waals surface area contributed by atoms with Crippen LogP contribution in [0.1, 0.15) is 5.56 Å². The van der Waals surface area contributed by atoms with Crippen molar-refractivity contribution >= 4 is 34.3 Å². The van der Waals surface area contributed by atoms with Gasteiger partial charge < -0.3 is 4.74 Å². The molecule has 0 spiro atoms. The second-order valence-electron chi connectivity index (χ2n) is 4.55. The lowest BCUT2D eigenvalue weighted by molar-refractivity contribution is 0.415. The summed E-state index contributed by atoms with van der Waals surface area (Å²) < 4.78 is 5.13. The minimum absolute atomic E-state index is 0.719. The van der Waals surface area contributed by atoms with Crippen LogP contribution in [0.15, 0.2) is 58.9 Å². The topological polar surface area (TPSA) is 34.5 Å². The number of thiazole rings is 1. The van der Waals surface area contributed by atoms with Gasteiger partial charge in [-0.3, -0.25) is 0 Å². The quantitative estimate of drug-likeness (QED) is 0.615. The predicted molar refractivity (Wildman–Crippen MR) is 92.8 cm³/mol. The number of aliphatic imine (C=N–C) groups is 1. The van der Waals surface area contributed by atoms with E-state index in [0.29, 0.717) is 0 Å². The molecule has 0 radical (unpaired) electrons. The van der Waals surface area contributed by atoms with E-state index in [2.05, 4.69) is 9.98 Å². The number of benzene rings is 2. The summed E-state index contributed by atoms with van der Waals surface area (Å²) in [6.07, 6.45) is 1.80. The molecule has 0 unspecified atom stereocenters. The molecule has 22 heavy (non-hydrogen) atoms. The second kappa shape index (κ2) is 6.73. The van der Waals surface area contributed by atoms with Crippen molar-refractivity contribution in [3.8, 4) is 17.0 Å². The van der Waals surface area contributed by atoms with Gasteiger partial charge in [-0.15, -0.1) is 11.3 Å². The highest BCUT2D eigenvalue weighted by Gasteiger charge is 2.03. The fraction of sp³-hybridized carbons (Fsp3) is 0.0588. The van der Waals surface area contributed by atoms with Crippen molar-refractivity contribution < 1.29 is 4.74 Å². The number of nitrogens with zero attached hydrogens (tertiary/aromatic N) is 2. The molecule has 3 aromatic rings. The molecular weight excluding hydrogens is 316 g/mol. The van der Waals surface area contributed by atoms with Gasteiger partial charge in [0.05, 0.1) is 12.8 Å². The van der Waals surface area contributed by atoms with E-state index in [1.807, 2.05) is 53.9 Å². The van der Waals surface area contributed by atoms with E-state index in [-0.39, 0.29) is 0 Å². The molecule has 0 N–H and O–H groups in total. The van der Waals surface area contributed by atoms with Gasteiger partial charge >= 0.3 is 0 Å². The van der Waals surface area contributed by atoms with Crippen LogP contribution >= 0.6 is 22.9 Å². The van der Waals surface area contributed by atoms with Gasteiger partial charge in [0.2, 0.25) is 5.13 Å². The molecule has 0 saturated heterocycles. The highest BCUT2D eigenvalue weighted by atomic mass is 35.5. The first-order valence-electron chi connectivity index (χ1n) is 6.64. The number of hydrogen-bond donors (Lipinski definition) is 0. The normalized spacial score (nSPS) is 11.0. The first-order valence-corrected chi connectivity index (χ1v) is 7.90. The highest BCUT2D eigenvalue weighted by Crippen LogP contribution is 2.27. The summed E-state index contributed by atoms with van der Waals surface area (Å²) in [5, 5.41) is 3.43. The summed E-state index contributed by atoms with van der Waals surface area (Å²) in [5.74, 6) is 0.830. The molecule has 1 heterocycles. The van der Waals surface area contributed by atoms with Crippen LogP contribution in [0.3, 0.4) is 0 Å². The molecule has 0 saturated carbocycles. The Bertz CT molecular complexity index is 779. The van der Waals surface area contributed by atoms with Crippen molar-refractivity contribution in [2.75, 3.05) is 7.11 Å². The lowest BCUT2D eigenvalue weighted by atomic mass is 10.2. The van der Waals surface area contributed by atoms with Gasteiger partial charge in [0.15, 0.2) is 0 Å². The van der Waals surface area contributed by atoms with Crippen molar-refractivity contribution in [3.05, 3.63) is 64.5 Å². The Balaban J connectivity index is 1.75. The van der Waals surface area contributed by atoms with E-state index in [9.17, 15) is 0 Å². The van der Waals surface area contributed by atoms with Gasteiger partial charge in [-0.2, -0.15) is 0 Å². The minimum atomic E-state index is 0.719. The average Bonchev–Trinajstić information content (AvgIpc) is 3.03. The maximum Gasteiger partial charge on any atom is 0.209 e. The Morgan fingerprint density at radius 3 is 2.50 bits per heavy atom. The van der Waals surface area contributed by atoms with Gasteiger partial charge in [-0.1, -0.05) is 23.7 Å². The summed E-state index contributed by atoms with van der Waals surface area (Å²) in [5.41, 5.74) is 2.94. The molecule has 1 aromatic heterocycles. The third-order valence-corrected chi connectivity index (χ3v) is 4.07. The van der Waals surface area contributed by atoms with Crippen molar-refractivity contribution in [3.63, 3.8) is 0 Å². The van der Waals surface area contributed by atoms with Crippen LogP contribution in [0, 0.1) is 0 Å². The number of aromatic nitrogens is 1. The van der Waals surface area contributed by atoms with E-state index < -0.39 is 0 Å². The van der Waals surface area contributed by atoms with Crippen molar-refractivity contribution in [1.82, 2.24) is 4.98 Å². The Kier molecular flexibility index (Phi) is 4.51. The average molecular weight is 329 g/mol. The highest BCUT2D eigenvalue weighted by molar-refractivity contribution is 7.13. The number of rotatable bonds is 4. The molecule has 5 heteroatoms. The van der Waals surface area contributed by atoms with E-state index in [0.717, 1.165) is 32.7 Å². The zero-order chi connectivity index (χ0) is 15.4. The molecule has 110 valence electrons. The Morgan fingerprint density at radius 2 is 1.82 bits per heavy atom. The van der Waals surface area contributed by atoms with E-state index >= 15 is 0 Å². The van der Waals surface area contributed by atoms with Crippen LogP contribution < -0.4 is 4.74 Å². The molecule has 0 amide bonds. The van der Waals surface area contributed by atoms with E-state index in [1.54, 1.807) is 13.3 Å². The van der Waals surface area contributed by atoms with E-state index in [1.165, 1.54) is 11.3 Å². The smallest absolute Gasteiger partial charge is 0.209 e. The molecule has 0 aliphatic rings. The Hall–Kier alpha value is -2.17. The van der Waals surface area contributed by atoms with Gasteiger partial charge in [0, 0.05) is 22.2 Å². The molecule has 0 bridgehead atoms. The lowest BCUT2D eigenvalue weighted by Crippen LogP contribution is -1.84. The van der Waals surface area contributed by atoms with Crippen LogP contribution in [0.4, 0.5) is 5.13 Å². The van der Waals surface area contributed by atoms with Crippen molar-refractivity contribution in [2.24, 2.45) is 4.99 Å². The molecule has 2 aromatic carbocycles. The zero-order valence-electron chi connectivity index (χ0n) is 11.9. The summed E-state index contributed by atoms with van der Waals surface area (Å²) >= 11 is 7.40. The Morgan fingerprint density at radius 1 is 1.09 bits per heavy atom. The molecule has 3 rings (SSSR count). The largest absolute Gasteiger partial charge is 0.497 e. The number of halogens is 1. The standard InChI is InChI=1S/C17H13ClN2OS/c1-21-15-8-2-12(3-9-15)10-19-17-20-16(11-22-17)13-4-6-14(18)7-5-13/h2-11H,1H3/b19-10+. The fourth-order valence-electron chi connectivity index (χ4n) is 1.90. The van der Waals surface area contributed by atoms with Crippen molar-refractivity contribution in [2.45, 2.75) is 0 Å². The van der Waals surface area contributed by atoms with Crippen LogP contribution in [0.25, 0.3) is 11.3 Å². The summed E-state index contributed by atoms with van der Waals surface area (Å²) in [6.45, 7) is 0. The molecule has 0 aliphatic carbocycles. The second-order valence-corrected chi connectivity index (χ2v) is 5.83. The van der Waals surface area contributed by atoms with Gasteiger partial charge in [-0.25, -0.2) is 9.98 Å². The van der Waals surface area contributed by atoms with Crippen LogP contribution in [0.5, 0.6) is 5.75 Å². The third-order valence-electron chi connectivity index (χ3n) is 3.07. The monoisotopic (exact) mass is 328 g/mol. The summed E-state index contributed by atoms with van der Waals surface area (Å²) in [6, 6.07) is 15.3. The molecule has 0 fully saturated rings. The fourth-order valence-corrected chi connectivity index (χ4v) is 2.69. The van der Waals surface area contributed by atoms with Crippen LogP contribution in [0.2, 0.25) is 5.02 Å². The molecule has 3 nitrogen and oxygen atoms in total. The molecule has 0 atom stereocenters. The maximum absolute atomic E-state index is 5.89. The first kappa shape index (κ1) is 14.8. The van der Waals surface area contributed by atoms with Crippen LogP contribution in [-0.2, 0) is 0 Å². The number of methoxy groups -OCH3 is 1. The summed E-state index contributed by atoms with van der Waals surface area (Å²) in [7, 11) is 1.65. The zero-order valence-corrected chi connectivity index (χ0v) is 13.4. The maximum atomic E-state index is 5.89. The molecular formula is C17H13ClN2OS. The van der Waals surface area contributed by atoms with Crippen molar-refractivity contribution in [1.29, 1.82) is 0 Å². The van der Waals surface area contributed by atoms with Gasteiger partial charge in [0.25, 0.3) is 0 Å². The van der Waals surface area contributed by atoms with Crippen LogP contribution in [-0.4, -0.2) is 18.3 Å². The number of ether oxygens (including phenoxy) is 1. The SMILES string of the molecule is COc1ccc(/C=N/c2nc(-c3ccc(Cl)cc3)cs2)cc1. The third kappa shape index (κ3) is 3.53. The Labute approximate surface area is 137 Å².